The van der Waals surface area contributed by atoms with Gasteiger partial charge in [-0.1, -0.05) is 6.58 Å². The van der Waals surface area contributed by atoms with E-state index in [1.807, 2.05) is 0 Å². The van der Waals surface area contributed by atoms with Crippen molar-refractivity contribution in [3.8, 4) is 0 Å². The van der Waals surface area contributed by atoms with Crippen LogP contribution >= 0.6 is 0 Å². The fraction of sp³-hybridized carbons (Fsp3) is 0.692. The number of aliphatic hydroxyl groups excluding tert-OH is 1. The zero-order valence-electron chi connectivity index (χ0n) is 10.7. The zero-order chi connectivity index (χ0) is 13.5. The first-order valence-electron chi connectivity index (χ1n) is 6.21. The maximum Gasteiger partial charge on any atom is 0.334 e. The number of ether oxygens (including phenoxy) is 2. The quantitative estimate of drug-likeness (QED) is 0.573. The number of hydrogen-bond acceptors (Lipinski definition) is 5. The van der Waals surface area contributed by atoms with Gasteiger partial charge in [-0.25, -0.2) is 4.79 Å². The van der Waals surface area contributed by atoms with Crippen LogP contribution in [-0.4, -0.2) is 35.9 Å². The molecule has 0 aromatic carbocycles. The van der Waals surface area contributed by atoms with Crippen molar-refractivity contribution in [2.45, 2.75) is 51.2 Å². The Labute approximate surface area is 107 Å². The molecule has 0 amide bonds. The lowest BCUT2D eigenvalue weighted by atomic mass is 10.2. The highest BCUT2D eigenvalue weighted by atomic mass is 16.5. The van der Waals surface area contributed by atoms with Gasteiger partial charge in [-0.05, 0) is 32.6 Å². The first-order valence-corrected chi connectivity index (χ1v) is 6.21. The highest BCUT2D eigenvalue weighted by Crippen LogP contribution is 2.22. The molecule has 0 heterocycles. The lowest BCUT2D eigenvalue weighted by Crippen LogP contribution is -2.20. The third-order valence-electron chi connectivity index (χ3n) is 2.71. The predicted octanol–water partition coefficient (Wildman–Crippen LogP) is 1.34. The molecular formula is C13H20O5. The Morgan fingerprint density at radius 3 is 2.56 bits per heavy atom. The van der Waals surface area contributed by atoms with Gasteiger partial charge in [0, 0.05) is 5.57 Å². The summed E-state index contributed by atoms with van der Waals surface area (Å²) in [5, 5.41) is 8.94. The van der Waals surface area contributed by atoms with Gasteiger partial charge in [0.1, 0.15) is 12.7 Å². The van der Waals surface area contributed by atoms with Crippen molar-refractivity contribution < 1.29 is 24.2 Å². The van der Waals surface area contributed by atoms with E-state index in [0.29, 0.717) is 0 Å². The minimum Gasteiger partial charge on any atom is -0.463 e. The van der Waals surface area contributed by atoms with E-state index in [1.165, 1.54) is 6.92 Å². The van der Waals surface area contributed by atoms with Crippen molar-refractivity contribution in [3.05, 3.63) is 12.2 Å². The molecule has 1 rings (SSSR count). The normalized spacial score (nSPS) is 17.2. The largest absolute Gasteiger partial charge is 0.463 e. The van der Waals surface area contributed by atoms with Crippen molar-refractivity contribution in [2.24, 2.45) is 0 Å². The number of aliphatic hydroxyl groups is 1. The van der Waals surface area contributed by atoms with Crippen LogP contribution in [-0.2, 0) is 19.1 Å². The first-order chi connectivity index (χ1) is 8.49. The minimum atomic E-state index is -0.715. The molecule has 0 aliphatic heterocycles. The second-order valence-corrected chi connectivity index (χ2v) is 4.62. The Morgan fingerprint density at radius 1 is 1.39 bits per heavy atom. The van der Waals surface area contributed by atoms with Crippen molar-refractivity contribution in [3.63, 3.8) is 0 Å². The van der Waals surface area contributed by atoms with Gasteiger partial charge in [-0.15, -0.1) is 0 Å². The molecule has 18 heavy (non-hydrogen) atoms. The molecule has 1 aliphatic carbocycles. The highest BCUT2D eigenvalue weighted by Gasteiger charge is 2.22. The van der Waals surface area contributed by atoms with Crippen molar-refractivity contribution in [1.82, 2.24) is 0 Å². The Balaban J connectivity index is 2.26. The van der Waals surface area contributed by atoms with E-state index in [0.717, 1.165) is 25.7 Å². The molecule has 0 aromatic heterocycles. The SMILES string of the molecule is C=C(CC(=O)OCC(C)O)C(=O)OC1CCCC1. The fourth-order valence-electron chi connectivity index (χ4n) is 1.75. The van der Waals surface area contributed by atoms with E-state index in [1.54, 1.807) is 0 Å². The molecule has 5 heteroatoms. The summed E-state index contributed by atoms with van der Waals surface area (Å²) < 4.78 is 9.94. The van der Waals surface area contributed by atoms with Crippen LogP contribution in [0.15, 0.2) is 12.2 Å². The van der Waals surface area contributed by atoms with E-state index in [2.05, 4.69) is 6.58 Å². The summed E-state index contributed by atoms with van der Waals surface area (Å²) in [6.07, 6.45) is 2.95. The van der Waals surface area contributed by atoms with Gasteiger partial charge < -0.3 is 14.6 Å². The average Bonchev–Trinajstić information content (AvgIpc) is 2.79. The molecule has 1 aliphatic rings. The van der Waals surface area contributed by atoms with Crippen molar-refractivity contribution >= 4 is 11.9 Å². The lowest BCUT2D eigenvalue weighted by Gasteiger charge is -2.12. The molecule has 0 spiro atoms. The third kappa shape index (κ3) is 5.31. The van der Waals surface area contributed by atoms with Gasteiger partial charge in [-0.2, -0.15) is 0 Å². The van der Waals surface area contributed by atoms with Gasteiger partial charge in [-0.3, -0.25) is 4.79 Å². The van der Waals surface area contributed by atoms with Crippen LogP contribution in [0.1, 0.15) is 39.0 Å². The van der Waals surface area contributed by atoms with Crippen LogP contribution in [0.4, 0.5) is 0 Å². The van der Waals surface area contributed by atoms with Crippen molar-refractivity contribution in [2.75, 3.05) is 6.61 Å². The van der Waals surface area contributed by atoms with E-state index in [-0.39, 0.29) is 24.7 Å². The summed E-state index contributed by atoms with van der Waals surface area (Å²) in [6.45, 7) is 4.96. The second-order valence-electron chi connectivity index (χ2n) is 4.62. The topological polar surface area (TPSA) is 72.8 Å². The Bertz CT molecular complexity index is 315. The molecule has 1 unspecified atom stereocenters. The molecule has 1 N–H and O–H groups in total. The maximum atomic E-state index is 11.6. The number of carbonyl (C=O) groups excluding carboxylic acids is 2. The number of esters is 2. The summed E-state index contributed by atoms with van der Waals surface area (Å²) >= 11 is 0. The smallest absolute Gasteiger partial charge is 0.334 e. The van der Waals surface area contributed by atoms with Crippen LogP contribution in [0.25, 0.3) is 0 Å². The van der Waals surface area contributed by atoms with Gasteiger partial charge in [0.25, 0.3) is 0 Å². The predicted molar refractivity (Wildman–Crippen MR) is 64.7 cm³/mol. The zero-order valence-corrected chi connectivity index (χ0v) is 10.7. The van der Waals surface area contributed by atoms with Gasteiger partial charge >= 0.3 is 11.9 Å². The summed E-state index contributed by atoms with van der Waals surface area (Å²) in [5.74, 6) is -1.11. The maximum absolute atomic E-state index is 11.6. The highest BCUT2D eigenvalue weighted by molar-refractivity contribution is 5.93. The molecule has 0 saturated heterocycles. The van der Waals surface area contributed by atoms with E-state index in [4.69, 9.17) is 14.6 Å². The molecule has 5 nitrogen and oxygen atoms in total. The van der Waals surface area contributed by atoms with Gasteiger partial charge in [0.15, 0.2) is 0 Å². The molecule has 1 fully saturated rings. The average molecular weight is 256 g/mol. The number of carbonyl (C=O) groups is 2. The molecule has 0 bridgehead atoms. The minimum absolute atomic E-state index is 0.0391. The molecule has 0 aromatic rings. The fourth-order valence-corrected chi connectivity index (χ4v) is 1.75. The van der Waals surface area contributed by atoms with Crippen LogP contribution in [0.5, 0.6) is 0 Å². The first kappa shape index (κ1) is 14.7. The third-order valence-corrected chi connectivity index (χ3v) is 2.71. The lowest BCUT2D eigenvalue weighted by molar-refractivity contribution is -0.149. The molecule has 1 saturated carbocycles. The summed E-state index contributed by atoms with van der Waals surface area (Å²) in [6, 6.07) is 0. The van der Waals surface area contributed by atoms with Crippen LogP contribution in [0, 0.1) is 0 Å². The number of rotatable bonds is 6. The van der Waals surface area contributed by atoms with Crippen molar-refractivity contribution in [1.29, 1.82) is 0 Å². The summed E-state index contributed by atoms with van der Waals surface area (Å²) in [4.78, 5) is 22.9. The van der Waals surface area contributed by atoms with E-state index >= 15 is 0 Å². The van der Waals surface area contributed by atoms with E-state index in [9.17, 15) is 9.59 Å². The summed E-state index contributed by atoms with van der Waals surface area (Å²) in [5.41, 5.74) is 0.0949. The Hall–Kier alpha value is -1.36. The van der Waals surface area contributed by atoms with Crippen LogP contribution < -0.4 is 0 Å². The molecule has 102 valence electrons. The molecule has 0 radical (unpaired) electrons. The Morgan fingerprint density at radius 2 is 2.00 bits per heavy atom. The van der Waals surface area contributed by atoms with Gasteiger partial charge in [0.05, 0.1) is 12.5 Å². The summed E-state index contributed by atoms with van der Waals surface area (Å²) in [7, 11) is 0. The van der Waals surface area contributed by atoms with Crippen LogP contribution in [0.3, 0.4) is 0 Å². The molecule has 1 atom stereocenters. The second kappa shape index (κ2) is 7.16. The Kier molecular flexibility index (Phi) is 5.85. The molecular weight excluding hydrogens is 236 g/mol. The van der Waals surface area contributed by atoms with E-state index < -0.39 is 18.0 Å². The monoisotopic (exact) mass is 256 g/mol. The number of hydrogen-bond donors (Lipinski definition) is 1. The standard InChI is InChI=1S/C13H20O5/c1-9(7-12(15)17-8-10(2)14)13(16)18-11-5-3-4-6-11/h10-11,14H,1,3-8H2,2H3. The van der Waals surface area contributed by atoms with Gasteiger partial charge in [0.2, 0.25) is 0 Å². The van der Waals surface area contributed by atoms with Crippen LogP contribution in [0.2, 0.25) is 0 Å².